The lowest BCUT2D eigenvalue weighted by atomic mass is 9.90. The minimum atomic E-state index is -0.337. The van der Waals surface area contributed by atoms with E-state index in [1.807, 2.05) is 4.90 Å². The van der Waals surface area contributed by atoms with Crippen molar-refractivity contribution >= 4 is 17.7 Å². The first kappa shape index (κ1) is 26.0. The summed E-state index contributed by atoms with van der Waals surface area (Å²) in [5.41, 5.74) is 0.617. The SMILES string of the molecule is CCCCC(CC)C(=O)N1CCC[C@H]1C(=O)NC1CCC(NC(=O)c2ccc(OC)cc2)CC1. The smallest absolute Gasteiger partial charge is 0.251 e. The molecule has 0 spiro atoms. The summed E-state index contributed by atoms with van der Waals surface area (Å²) in [6.45, 7) is 4.89. The molecule has 0 radical (unpaired) electrons. The molecule has 3 amide bonds. The molecule has 1 aromatic carbocycles. The fourth-order valence-electron chi connectivity index (χ4n) is 5.18. The summed E-state index contributed by atoms with van der Waals surface area (Å²) in [6, 6.07) is 6.96. The first-order chi connectivity index (χ1) is 16.5. The zero-order chi connectivity index (χ0) is 24.5. The van der Waals surface area contributed by atoms with E-state index in [9.17, 15) is 14.4 Å². The van der Waals surface area contributed by atoms with Crippen LogP contribution in [0.5, 0.6) is 5.75 Å². The van der Waals surface area contributed by atoms with Crippen LogP contribution in [0.3, 0.4) is 0 Å². The lowest BCUT2D eigenvalue weighted by molar-refractivity contribution is -0.142. The van der Waals surface area contributed by atoms with Gasteiger partial charge in [0.05, 0.1) is 7.11 Å². The van der Waals surface area contributed by atoms with Crippen molar-refractivity contribution in [2.75, 3.05) is 13.7 Å². The van der Waals surface area contributed by atoms with Gasteiger partial charge < -0.3 is 20.3 Å². The molecule has 1 aliphatic carbocycles. The molecule has 1 saturated carbocycles. The van der Waals surface area contributed by atoms with Crippen molar-refractivity contribution in [1.82, 2.24) is 15.5 Å². The topological polar surface area (TPSA) is 87.7 Å². The molecule has 34 heavy (non-hydrogen) atoms. The highest BCUT2D eigenvalue weighted by Crippen LogP contribution is 2.25. The molecule has 1 saturated heterocycles. The second-order valence-corrected chi connectivity index (χ2v) is 9.70. The Morgan fingerprint density at radius 1 is 1.00 bits per heavy atom. The van der Waals surface area contributed by atoms with E-state index in [1.165, 1.54) is 0 Å². The maximum Gasteiger partial charge on any atom is 0.251 e. The summed E-state index contributed by atoms with van der Waals surface area (Å²) in [4.78, 5) is 40.5. The van der Waals surface area contributed by atoms with Gasteiger partial charge in [0.1, 0.15) is 11.8 Å². The van der Waals surface area contributed by atoms with Crippen molar-refractivity contribution in [2.45, 2.75) is 96.2 Å². The molecular weight excluding hydrogens is 430 g/mol. The second-order valence-electron chi connectivity index (χ2n) is 9.70. The van der Waals surface area contributed by atoms with E-state index >= 15 is 0 Å². The molecule has 3 rings (SSSR count). The number of hydrogen-bond acceptors (Lipinski definition) is 4. The van der Waals surface area contributed by atoms with E-state index in [0.717, 1.165) is 70.0 Å². The largest absolute Gasteiger partial charge is 0.497 e. The van der Waals surface area contributed by atoms with E-state index in [2.05, 4.69) is 24.5 Å². The van der Waals surface area contributed by atoms with Crippen LogP contribution in [0.1, 0.15) is 88.4 Å². The molecule has 188 valence electrons. The van der Waals surface area contributed by atoms with Gasteiger partial charge in [-0.15, -0.1) is 0 Å². The number of nitrogens with zero attached hydrogens (tertiary/aromatic N) is 1. The highest BCUT2D eigenvalue weighted by atomic mass is 16.5. The Balaban J connectivity index is 1.46. The summed E-state index contributed by atoms with van der Waals surface area (Å²) in [7, 11) is 1.60. The van der Waals surface area contributed by atoms with Crippen LogP contribution in [0, 0.1) is 5.92 Å². The lowest BCUT2D eigenvalue weighted by Gasteiger charge is -2.32. The second kappa shape index (κ2) is 12.8. The number of hydrogen-bond donors (Lipinski definition) is 2. The number of nitrogens with one attached hydrogen (secondary N) is 2. The predicted octanol–water partition coefficient (Wildman–Crippen LogP) is 4.06. The zero-order valence-electron chi connectivity index (χ0n) is 21.0. The number of rotatable bonds is 10. The average Bonchev–Trinajstić information content (AvgIpc) is 3.36. The fraction of sp³-hybridized carbons (Fsp3) is 0.667. The van der Waals surface area contributed by atoms with E-state index in [0.29, 0.717) is 12.1 Å². The van der Waals surface area contributed by atoms with Crippen LogP contribution in [0.4, 0.5) is 0 Å². The van der Waals surface area contributed by atoms with Gasteiger partial charge in [0.15, 0.2) is 0 Å². The van der Waals surface area contributed by atoms with Crippen molar-refractivity contribution in [1.29, 1.82) is 0 Å². The van der Waals surface area contributed by atoms with E-state index < -0.39 is 0 Å². The Kier molecular flexibility index (Phi) is 9.78. The van der Waals surface area contributed by atoms with Gasteiger partial charge in [-0.25, -0.2) is 0 Å². The van der Waals surface area contributed by atoms with Crippen LogP contribution < -0.4 is 15.4 Å². The molecule has 2 atom stereocenters. The van der Waals surface area contributed by atoms with Crippen molar-refractivity contribution in [2.24, 2.45) is 5.92 Å². The number of methoxy groups -OCH3 is 1. The van der Waals surface area contributed by atoms with Crippen LogP contribution in [0.15, 0.2) is 24.3 Å². The number of benzene rings is 1. The zero-order valence-corrected chi connectivity index (χ0v) is 21.0. The molecule has 7 heteroatoms. The average molecular weight is 472 g/mol. The Bertz CT molecular complexity index is 818. The molecule has 2 aliphatic rings. The summed E-state index contributed by atoms with van der Waals surface area (Å²) < 4.78 is 5.14. The van der Waals surface area contributed by atoms with Gasteiger partial charge >= 0.3 is 0 Å². The van der Waals surface area contributed by atoms with Crippen LogP contribution in [-0.2, 0) is 9.59 Å². The van der Waals surface area contributed by atoms with Gasteiger partial charge in [0, 0.05) is 30.1 Å². The Hall–Kier alpha value is -2.57. The Morgan fingerprint density at radius 3 is 2.24 bits per heavy atom. The molecular formula is C27H41N3O4. The summed E-state index contributed by atoms with van der Waals surface area (Å²) >= 11 is 0. The number of likely N-dealkylation sites (tertiary alicyclic amines) is 1. The first-order valence-corrected chi connectivity index (χ1v) is 13.0. The van der Waals surface area contributed by atoms with Gasteiger partial charge in [-0.05, 0) is 75.6 Å². The van der Waals surface area contributed by atoms with E-state index in [-0.39, 0.29) is 41.8 Å². The highest BCUT2D eigenvalue weighted by Gasteiger charge is 2.37. The highest BCUT2D eigenvalue weighted by molar-refractivity contribution is 5.94. The maximum atomic E-state index is 13.1. The molecule has 2 fully saturated rings. The first-order valence-electron chi connectivity index (χ1n) is 13.0. The third-order valence-corrected chi connectivity index (χ3v) is 7.35. The van der Waals surface area contributed by atoms with Gasteiger partial charge in [-0.2, -0.15) is 0 Å². The van der Waals surface area contributed by atoms with Crippen LogP contribution in [0.25, 0.3) is 0 Å². The van der Waals surface area contributed by atoms with Crippen LogP contribution in [0.2, 0.25) is 0 Å². The summed E-state index contributed by atoms with van der Waals surface area (Å²) in [6.07, 6.45) is 8.81. The standard InChI is InChI=1S/C27H41N3O4/c1-4-6-8-19(5-2)27(33)30-18-7-9-24(30)26(32)29-22-14-12-21(13-15-22)28-25(31)20-10-16-23(34-3)17-11-20/h10-11,16-17,19,21-22,24H,4-9,12-15,18H2,1-3H3,(H,28,31)(H,29,32)/t19?,21?,22?,24-/m0/s1. The molecule has 1 heterocycles. The Labute approximate surface area is 204 Å². The lowest BCUT2D eigenvalue weighted by Crippen LogP contribution is -2.51. The maximum absolute atomic E-state index is 13.1. The quantitative estimate of drug-likeness (QED) is 0.539. The van der Waals surface area contributed by atoms with Gasteiger partial charge in [0.2, 0.25) is 11.8 Å². The minimum absolute atomic E-state index is 0.0121. The van der Waals surface area contributed by atoms with Gasteiger partial charge in [0.25, 0.3) is 5.91 Å². The molecule has 7 nitrogen and oxygen atoms in total. The van der Waals surface area contributed by atoms with Crippen molar-refractivity contribution in [3.05, 3.63) is 29.8 Å². The molecule has 1 aromatic rings. The molecule has 0 bridgehead atoms. The molecule has 2 N–H and O–H groups in total. The van der Waals surface area contributed by atoms with E-state index in [4.69, 9.17) is 4.74 Å². The normalized spacial score (nSPS) is 23.3. The summed E-state index contributed by atoms with van der Waals surface area (Å²) in [5, 5.41) is 6.32. The number of amides is 3. The molecule has 1 unspecified atom stereocenters. The van der Waals surface area contributed by atoms with Crippen molar-refractivity contribution in [3.63, 3.8) is 0 Å². The summed E-state index contributed by atoms with van der Waals surface area (Å²) in [5.74, 6) is 0.809. The van der Waals surface area contributed by atoms with E-state index in [1.54, 1.807) is 31.4 Å². The third-order valence-electron chi connectivity index (χ3n) is 7.35. The van der Waals surface area contributed by atoms with Crippen LogP contribution in [-0.4, -0.2) is 54.4 Å². The Morgan fingerprint density at radius 2 is 1.65 bits per heavy atom. The van der Waals surface area contributed by atoms with Gasteiger partial charge in [-0.1, -0.05) is 26.7 Å². The molecule has 1 aliphatic heterocycles. The number of ether oxygens (including phenoxy) is 1. The number of unbranched alkanes of at least 4 members (excludes halogenated alkanes) is 1. The molecule has 0 aromatic heterocycles. The van der Waals surface area contributed by atoms with Gasteiger partial charge in [-0.3, -0.25) is 14.4 Å². The number of carbonyl (C=O) groups is 3. The number of carbonyl (C=O) groups excluding carboxylic acids is 3. The minimum Gasteiger partial charge on any atom is -0.497 e. The predicted molar refractivity (Wildman–Crippen MR) is 133 cm³/mol. The van der Waals surface area contributed by atoms with Crippen molar-refractivity contribution < 1.29 is 19.1 Å². The third kappa shape index (κ3) is 6.73. The monoisotopic (exact) mass is 471 g/mol. The fourth-order valence-corrected chi connectivity index (χ4v) is 5.18. The van der Waals surface area contributed by atoms with Crippen LogP contribution >= 0.6 is 0 Å². The van der Waals surface area contributed by atoms with Crippen molar-refractivity contribution in [3.8, 4) is 5.75 Å².